The van der Waals surface area contributed by atoms with Crippen molar-refractivity contribution >= 4 is 5.97 Å². The van der Waals surface area contributed by atoms with Crippen molar-refractivity contribution in [3.05, 3.63) is 35.4 Å². The highest BCUT2D eigenvalue weighted by Gasteiger charge is 2.31. The molecule has 0 aromatic heterocycles. The Morgan fingerprint density at radius 3 is 2.47 bits per heavy atom. The maximum Gasteiger partial charge on any atom is 0.309 e. The summed E-state index contributed by atoms with van der Waals surface area (Å²) in [6.45, 7) is 2.78. The first-order valence-electron chi connectivity index (χ1n) is 5.71. The van der Waals surface area contributed by atoms with E-state index in [-0.39, 0.29) is 5.92 Å². The molecule has 0 unspecified atom stereocenters. The number of likely N-dealkylation sites (tertiary alicyclic amines) is 1. The lowest BCUT2D eigenvalue weighted by Crippen LogP contribution is -2.49. The first kappa shape index (κ1) is 12.1. The number of hydrogen-bond acceptors (Lipinski definition) is 3. The second-order valence-corrected chi connectivity index (χ2v) is 4.48. The van der Waals surface area contributed by atoms with Crippen molar-refractivity contribution in [1.29, 1.82) is 0 Å². The molecule has 1 aromatic carbocycles. The third-order valence-electron chi connectivity index (χ3n) is 3.05. The molecule has 2 rings (SSSR count). The van der Waals surface area contributed by atoms with Crippen LogP contribution in [0.3, 0.4) is 0 Å². The van der Waals surface area contributed by atoms with Crippen molar-refractivity contribution in [1.82, 2.24) is 4.90 Å². The number of methoxy groups -OCH3 is 1. The second kappa shape index (κ2) is 5.29. The van der Waals surface area contributed by atoms with Gasteiger partial charge < -0.3 is 9.84 Å². The number of aliphatic carboxylic acids is 1. The Kier molecular flexibility index (Phi) is 3.76. The molecule has 1 aliphatic heterocycles. The third-order valence-corrected chi connectivity index (χ3v) is 3.05. The van der Waals surface area contributed by atoms with Crippen molar-refractivity contribution in [3.8, 4) is 0 Å². The Balaban J connectivity index is 1.82. The van der Waals surface area contributed by atoms with Crippen LogP contribution in [0.15, 0.2) is 24.3 Å². The Morgan fingerprint density at radius 1 is 1.35 bits per heavy atom. The van der Waals surface area contributed by atoms with E-state index < -0.39 is 5.97 Å². The van der Waals surface area contributed by atoms with Gasteiger partial charge in [0.15, 0.2) is 0 Å². The van der Waals surface area contributed by atoms with Crippen LogP contribution in [-0.2, 0) is 22.7 Å². The quantitative estimate of drug-likeness (QED) is 0.837. The van der Waals surface area contributed by atoms with Gasteiger partial charge in [0, 0.05) is 26.7 Å². The molecule has 1 N–H and O–H groups in total. The van der Waals surface area contributed by atoms with Crippen LogP contribution in [0.5, 0.6) is 0 Å². The summed E-state index contributed by atoms with van der Waals surface area (Å²) in [6.07, 6.45) is 0. The summed E-state index contributed by atoms with van der Waals surface area (Å²) >= 11 is 0. The van der Waals surface area contributed by atoms with Crippen LogP contribution in [0.4, 0.5) is 0 Å². The fourth-order valence-electron chi connectivity index (χ4n) is 2.02. The largest absolute Gasteiger partial charge is 0.481 e. The van der Waals surface area contributed by atoms with Crippen molar-refractivity contribution in [2.24, 2.45) is 5.92 Å². The number of carboxylic acid groups (broad SMARTS) is 1. The third kappa shape index (κ3) is 3.05. The van der Waals surface area contributed by atoms with E-state index >= 15 is 0 Å². The smallest absolute Gasteiger partial charge is 0.309 e. The minimum absolute atomic E-state index is 0.178. The minimum atomic E-state index is -0.684. The predicted octanol–water partition coefficient (Wildman–Crippen LogP) is 1.35. The van der Waals surface area contributed by atoms with Crippen molar-refractivity contribution in [2.45, 2.75) is 13.2 Å². The van der Waals surface area contributed by atoms with Gasteiger partial charge in [0.1, 0.15) is 0 Å². The fraction of sp³-hybridized carbons (Fsp3) is 0.462. The van der Waals surface area contributed by atoms with Gasteiger partial charge >= 0.3 is 5.97 Å². The summed E-state index contributed by atoms with van der Waals surface area (Å²) in [5.41, 5.74) is 2.37. The first-order chi connectivity index (χ1) is 8.19. The fourth-order valence-corrected chi connectivity index (χ4v) is 2.02. The van der Waals surface area contributed by atoms with Gasteiger partial charge in [-0.1, -0.05) is 24.3 Å². The summed E-state index contributed by atoms with van der Waals surface area (Å²) in [5, 5.41) is 8.77. The summed E-state index contributed by atoms with van der Waals surface area (Å²) < 4.78 is 5.05. The molecule has 1 fully saturated rings. The zero-order chi connectivity index (χ0) is 12.3. The highest BCUT2D eigenvalue weighted by molar-refractivity contribution is 5.71. The van der Waals surface area contributed by atoms with Crippen LogP contribution in [0.1, 0.15) is 11.1 Å². The summed E-state index contributed by atoms with van der Waals surface area (Å²) in [6, 6.07) is 8.24. The van der Waals surface area contributed by atoms with E-state index in [2.05, 4.69) is 17.0 Å². The number of carbonyl (C=O) groups is 1. The van der Waals surface area contributed by atoms with Crippen molar-refractivity contribution in [3.63, 3.8) is 0 Å². The molecule has 0 atom stereocenters. The van der Waals surface area contributed by atoms with E-state index in [0.717, 1.165) is 12.1 Å². The molecule has 0 amide bonds. The summed E-state index contributed by atoms with van der Waals surface area (Å²) in [7, 11) is 1.68. The molecule has 1 aliphatic rings. The minimum Gasteiger partial charge on any atom is -0.481 e. The Hall–Kier alpha value is -1.39. The van der Waals surface area contributed by atoms with Crippen LogP contribution in [0.25, 0.3) is 0 Å². The van der Waals surface area contributed by atoms with Crippen molar-refractivity contribution < 1.29 is 14.6 Å². The van der Waals surface area contributed by atoms with E-state index in [1.807, 2.05) is 12.1 Å². The molecule has 4 heteroatoms. The van der Waals surface area contributed by atoms with Crippen LogP contribution in [-0.4, -0.2) is 36.2 Å². The maximum absolute atomic E-state index is 10.7. The standard InChI is InChI=1S/C13H17NO3/c1-17-9-11-4-2-10(3-5-11)6-14-7-12(8-14)13(15)16/h2-5,12H,6-9H2,1H3,(H,15,16). The molecule has 17 heavy (non-hydrogen) atoms. The lowest BCUT2D eigenvalue weighted by molar-refractivity contribution is -0.147. The lowest BCUT2D eigenvalue weighted by atomic mass is 9.99. The molecule has 0 bridgehead atoms. The highest BCUT2D eigenvalue weighted by atomic mass is 16.5. The topological polar surface area (TPSA) is 49.8 Å². The van der Waals surface area contributed by atoms with Gasteiger partial charge in [0.25, 0.3) is 0 Å². The van der Waals surface area contributed by atoms with E-state index in [1.165, 1.54) is 5.56 Å². The van der Waals surface area contributed by atoms with E-state index in [0.29, 0.717) is 19.7 Å². The molecule has 0 radical (unpaired) electrons. The van der Waals surface area contributed by atoms with Crippen LogP contribution < -0.4 is 0 Å². The van der Waals surface area contributed by atoms with Crippen LogP contribution in [0.2, 0.25) is 0 Å². The summed E-state index contributed by atoms with van der Waals surface area (Å²) in [5.74, 6) is -0.862. The highest BCUT2D eigenvalue weighted by Crippen LogP contribution is 2.19. The monoisotopic (exact) mass is 235 g/mol. The molecular formula is C13H17NO3. The lowest BCUT2D eigenvalue weighted by Gasteiger charge is -2.36. The average Bonchev–Trinajstić information content (AvgIpc) is 2.25. The molecule has 92 valence electrons. The molecule has 0 aliphatic carbocycles. The van der Waals surface area contributed by atoms with Crippen LogP contribution in [0, 0.1) is 5.92 Å². The number of nitrogens with zero attached hydrogens (tertiary/aromatic N) is 1. The SMILES string of the molecule is COCc1ccc(CN2CC(C(=O)O)C2)cc1. The number of hydrogen-bond donors (Lipinski definition) is 1. The number of ether oxygens (including phenoxy) is 1. The first-order valence-corrected chi connectivity index (χ1v) is 5.71. The van der Waals surface area contributed by atoms with Gasteiger partial charge in [-0.25, -0.2) is 0 Å². The zero-order valence-corrected chi connectivity index (χ0v) is 9.93. The molecule has 1 heterocycles. The molecule has 4 nitrogen and oxygen atoms in total. The normalized spacial score (nSPS) is 16.8. The summed E-state index contributed by atoms with van der Waals surface area (Å²) in [4.78, 5) is 12.8. The zero-order valence-electron chi connectivity index (χ0n) is 9.93. The molecule has 1 aromatic rings. The van der Waals surface area contributed by atoms with Gasteiger partial charge in [0.05, 0.1) is 12.5 Å². The average molecular weight is 235 g/mol. The van der Waals surface area contributed by atoms with Gasteiger partial charge in [-0.15, -0.1) is 0 Å². The second-order valence-electron chi connectivity index (χ2n) is 4.48. The van der Waals surface area contributed by atoms with E-state index in [4.69, 9.17) is 9.84 Å². The van der Waals surface area contributed by atoms with Crippen molar-refractivity contribution in [2.75, 3.05) is 20.2 Å². The van der Waals surface area contributed by atoms with Gasteiger partial charge in [0.2, 0.25) is 0 Å². The van der Waals surface area contributed by atoms with Gasteiger partial charge in [-0.3, -0.25) is 9.69 Å². The molecular weight excluding hydrogens is 218 g/mol. The van der Waals surface area contributed by atoms with E-state index in [9.17, 15) is 4.79 Å². The van der Waals surface area contributed by atoms with E-state index in [1.54, 1.807) is 7.11 Å². The van der Waals surface area contributed by atoms with Gasteiger partial charge in [-0.05, 0) is 11.1 Å². The maximum atomic E-state index is 10.7. The number of rotatable bonds is 5. The van der Waals surface area contributed by atoms with Crippen LogP contribution >= 0.6 is 0 Å². The number of carboxylic acids is 1. The number of benzene rings is 1. The predicted molar refractivity (Wildman–Crippen MR) is 63.6 cm³/mol. The molecule has 1 saturated heterocycles. The Morgan fingerprint density at radius 2 is 1.94 bits per heavy atom. The molecule has 0 spiro atoms. The molecule has 0 saturated carbocycles. The van der Waals surface area contributed by atoms with Gasteiger partial charge in [-0.2, -0.15) is 0 Å². The Bertz CT molecular complexity index is 382. The Labute approximate surface area is 101 Å².